The lowest BCUT2D eigenvalue weighted by atomic mass is 10.0. The summed E-state index contributed by atoms with van der Waals surface area (Å²) in [6, 6.07) is 32.7. The molecule has 5 nitrogen and oxygen atoms in total. The van der Waals surface area contributed by atoms with Crippen LogP contribution in [0, 0.1) is 6.07 Å². The normalized spacial score (nSPS) is 12.8. The molecule has 0 heterocycles. The second kappa shape index (κ2) is 12.9. The third kappa shape index (κ3) is 7.67. The second-order valence-electron chi connectivity index (χ2n) is 9.22. The second-order valence-corrected chi connectivity index (χ2v) is 9.22. The molecular weight excluding hydrogens is 446 g/mol. The highest BCUT2D eigenvalue weighted by Gasteiger charge is 2.15. The fraction of sp³-hybridized carbons (Fsp3) is 0.258. The van der Waals surface area contributed by atoms with Gasteiger partial charge in [-0.25, -0.2) is 0 Å². The molecule has 0 aliphatic heterocycles. The lowest BCUT2D eigenvalue weighted by molar-refractivity contribution is -0.122. The minimum atomic E-state index is -0.297. The first kappa shape index (κ1) is 25.4. The standard InChI is InChI=1S/C31H34N3O2/c1-23(31(36)34-20-25-10-6-3-7-11-25)32-22-29(16-13-24-8-4-2-5-9-24)33-21-26-12-14-28-19-30(35)17-15-27(28)18-26/h2,4-12,14-15,17-19,23,29,32-33,35H,13,16,20-22H2,1H3,(H,34,36)/t23-,29+/m0/s1. The summed E-state index contributed by atoms with van der Waals surface area (Å²) in [5, 5.41) is 22.0. The molecule has 4 rings (SSSR count). The highest BCUT2D eigenvalue weighted by Crippen LogP contribution is 2.21. The van der Waals surface area contributed by atoms with E-state index in [0.717, 1.165) is 35.7 Å². The molecular formula is C31H34N3O2. The zero-order chi connectivity index (χ0) is 25.2. The van der Waals surface area contributed by atoms with E-state index < -0.39 is 0 Å². The number of amides is 1. The Bertz CT molecular complexity index is 1240. The molecule has 4 N–H and O–H groups in total. The summed E-state index contributed by atoms with van der Waals surface area (Å²) in [7, 11) is 0. The molecule has 0 spiro atoms. The Morgan fingerprint density at radius 3 is 2.39 bits per heavy atom. The zero-order valence-corrected chi connectivity index (χ0v) is 20.7. The van der Waals surface area contributed by atoms with Crippen molar-refractivity contribution in [3.05, 3.63) is 114 Å². The van der Waals surface area contributed by atoms with Crippen LogP contribution in [0.5, 0.6) is 5.75 Å². The van der Waals surface area contributed by atoms with Crippen LogP contribution in [0.25, 0.3) is 10.8 Å². The van der Waals surface area contributed by atoms with E-state index in [0.29, 0.717) is 13.1 Å². The molecule has 4 aromatic rings. The lowest BCUT2D eigenvalue weighted by Gasteiger charge is -2.22. The highest BCUT2D eigenvalue weighted by molar-refractivity contribution is 5.84. The molecule has 0 aromatic heterocycles. The van der Waals surface area contributed by atoms with Crippen molar-refractivity contribution in [3.63, 3.8) is 0 Å². The first-order chi connectivity index (χ1) is 17.6. The van der Waals surface area contributed by atoms with Gasteiger partial charge in [0.15, 0.2) is 0 Å². The number of phenols is 1. The molecule has 4 aromatic carbocycles. The maximum Gasteiger partial charge on any atom is 0.237 e. The van der Waals surface area contributed by atoms with E-state index in [-0.39, 0.29) is 23.7 Å². The highest BCUT2D eigenvalue weighted by atomic mass is 16.3. The number of aryl methyl sites for hydroxylation is 1. The van der Waals surface area contributed by atoms with Crippen LogP contribution in [0.3, 0.4) is 0 Å². The molecule has 0 aliphatic carbocycles. The third-order valence-electron chi connectivity index (χ3n) is 6.43. The molecule has 185 valence electrons. The fourth-order valence-electron chi connectivity index (χ4n) is 4.21. The van der Waals surface area contributed by atoms with Crippen LogP contribution in [0.4, 0.5) is 0 Å². The largest absolute Gasteiger partial charge is 0.508 e. The van der Waals surface area contributed by atoms with Crippen molar-refractivity contribution in [2.45, 2.75) is 44.9 Å². The van der Waals surface area contributed by atoms with Crippen molar-refractivity contribution in [2.24, 2.45) is 0 Å². The van der Waals surface area contributed by atoms with Gasteiger partial charge in [-0.2, -0.15) is 0 Å². The van der Waals surface area contributed by atoms with E-state index in [1.807, 2.05) is 49.4 Å². The van der Waals surface area contributed by atoms with Crippen LogP contribution in [-0.4, -0.2) is 29.6 Å². The van der Waals surface area contributed by atoms with E-state index in [4.69, 9.17) is 0 Å². The lowest BCUT2D eigenvalue weighted by Crippen LogP contribution is -2.47. The van der Waals surface area contributed by atoms with Crippen LogP contribution in [0.2, 0.25) is 0 Å². The Balaban J connectivity index is 1.33. The summed E-state index contributed by atoms with van der Waals surface area (Å²) in [5.41, 5.74) is 3.55. The number of fused-ring (bicyclic) bond motifs is 1. The Morgan fingerprint density at radius 2 is 1.58 bits per heavy atom. The smallest absolute Gasteiger partial charge is 0.237 e. The molecule has 0 bridgehead atoms. The number of hydrogen-bond acceptors (Lipinski definition) is 4. The monoisotopic (exact) mass is 480 g/mol. The van der Waals surface area contributed by atoms with Gasteiger partial charge in [0.05, 0.1) is 6.04 Å². The summed E-state index contributed by atoms with van der Waals surface area (Å²) in [6.07, 6.45) is 1.91. The Hall–Kier alpha value is -3.67. The molecule has 36 heavy (non-hydrogen) atoms. The topological polar surface area (TPSA) is 73.4 Å². The molecule has 0 aliphatic rings. The van der Waals surface area contributed by atoms with E-state index in [1.165, 1.54) is 11.1 Å². The predicted octanol–water partition coefficient (Wildman–Crippen LogP) is 4.73. The predicted molar refractivity (Wildman–Crippen MR) is 146 cm³/mol. The molecule has 0 saturated heterocycles. The minimum Gasteiger partial charge on any atom is -0.508 e. The van der Waals surface area contributed by atoms with E-state index in [2.05, 4.69) is 58.4 Å². The number of rotatable bonds is 12. The van der Waals surface area contributed by atoms with E-state index >= 15 is 0 Å². The van der Waals surface area contributed by atoms with Crippen LogP contribution < -0.4 is 16.0 Å². The van der Waals surface area contributed by atoms with Gasteiger partial charge in [-0.15, -0.1) is 0 Å². The summed E-state index contributed by atoms with van der Waals surface area (Å²) in [6.45, 7) is 3.82. The van der Waals surface area contributed by atoms with Crippen molar-refractivity contribution in [1.29, 1.82) is 0 Å². The Labute approximate surface area is 213 Å². The van der Waals surface area contributed by atoms with Gasteiger partial charge in [0.2, 0.25) is 5.91 Å². The van der Waals surface area contributed by atoms with Crippen LogP contribution >= 0.6 is 0 Å². The number of hydrogen-bond donors (Lipinski definition) is 4. The number of nitrogens with one attached hydrogen (secondary N) is 3. The molecule has 1 radical (unpaired) electrons. The van der Waals surface area contributed by atoms with Crippen molar-refractivity contribution in [1.82, 2.24) is 16.0 Å². The van der Waals surface area contributed by atoms with Crippen molar-refractivity contribution < 1.29 is 9.90 Å². The van der Waals surface area contributed by atoms with Crippen molar-refractivity contribution >= 4 is 16.7 Å². The average molecular weight is 481 g/mol. The number of benzene rings is 4. The SMILES string of the molecule is C[C@H](NC[C@@H](CCc1ccccc1)NCc1ccc2cc(O)ccc2c1)C(=O)NCc1cc[c]cc1. The van der Waals surface area contributed by atoms with Gasteiger partial charge in [-0.05, 0) is 71.5 Å². The molecule has 2 atom stereocenters. The summed E-state index contributed by atoms with van der Waals surface area (Å²) in [4.78, 5) is 12.6. The average Bonchev–Trinajstić information content (AvgIpc) is 2.92. The Kier molecular flexibility index (Phi) is 9.09. The zero-order valence-electron chi connectivity index (χ0n) is 20.7. The number of carbonyl (C=O) groups is 1. The van der Waals surface area contributed by atoms with E-state index in [1.54, 1.807) is 12.1 Å². The third-order valence-corrected chi connectivity index (χ3v) is 6.43. The first-order valence-corrected chi connectivity index (χ1v) is 12.5. The van der Waals surface area contributed by atoms with Crippen molar-refractivity contribution in [3.8, 4) is 5.75 Å². The van der Waals surface area contributed by atoms with Gasteiger partial charge in [0, 0.05) is 25.7 Å². The summed E-state index contributed by atoms with van der Waals surface area (Å²) < 4.78 is 0. The van der Waals surface area contributed by atoms with E-state index in [9.17, 15) is 9.90 Å². The van der Waals surface area contributed by atoms with Gasteiger partial charge >= 0.3 is 0 Å². The molecule has 1 amide bonds. The maximum atomic E-state index is 12.6. The quantitative estimate of drug-likeness (QED) is 0.237. The van der Waals surface area contributed by atoms with Gasteiger partial charge < -0.3 is 21.1 Å². The minimum absolute atomic E-state index is 0.0116. The van der Waals surface area contributed by atoms with Crippen molar-refractivity contribution in [2.75, 3.05) is 6.54 Å². The van der Waals surface area contributed by atoms with Crippen LogP contribution in [-0.2, 0) is 24.3 Å². The van der Waals surface area contributed by atoms with Gasteiger partial charge in [0.1, 0.15) is 5.75 Å². The number of phenolic OH excluding ortho intramolecular Hbond substituents is 1. The maximum absolute atomic E-state index is 12.6. The molecule has 0 unspecified atom stereocenters. The summed E-state index contributed by atoms with van der Waals surface area (Å²) in [5.74, 6) is 0.267. The van der Waals surface area contributed by atoms with Gasteiger partial charge in [0.25, 0.3) is 0 Å². The van der Waals surface area contributed by atoms with Crippen LogP contribution in [0.15, 0.2) is 91.0 Å². The first-order valence-electron chi connectivity index (χ1n) is 12.5. The number of aromatic hydroxyl groups is 1. The van der Waals surface area contributed by atoms with Gasteiger partial charge in [-0.3, -0.25) is 4.79 Å². The molecule has 0 fully saturated rings. The molecule has 5 heteroatoms. The van der Waals surface area contributed by atoms with Crippen LogP contribution in [0.1, 0.15) is 30.0 Å². The summed E-state index contributed by atoms with van der Waals surface area (Å²) >= 11 is 0. The number of carbonyl (C=O) groups excluding carboxylic acids is 1. The fourth-order valence-corrected chi connectivity index (χ4v) is 4.21. The Morgan fingerprint density at radius 1 is 0.833 bits per heavy atom. The van der Waals surface area contributed by atoms with Gasteiger partial charge in [-0.1, -0.05) is 72.8 Å². The molecule has 0 saturated carbocycles.